The third-order valence-electron chi connectivity index (χ3n) is 5.72. The van der Waals surface area contributed by atoms with Gasteiger partial charge in [-0.15, -0.1) is 0 Å². The van der Waals surface area contributed by atoms with Crippen molar-refractivity contribution in [1.82, 2.24) is 15.4 Å². The molecule has 1 aliphatic heterocycles. The Morgan fingerprint density at radius 1 is 1.29 bits per heavy atom. The fourth-order valence-electron chi connectivity index (χ4n) is 3.78. The van der Waals surface area contributed by atoms with Crippen LogP contribution < -0.4 is 5.32 Å². The highest BCUT2D eigenvalue weighted by atomic mass is 16.5. The molecule has 1 fully saturated rings. The van der Waals surface area contributed by atoms with E-state index < -0.39 is 5.54 Å². The van der Waals surface area contributed by atoms with Gasteiger partial charge in [-0.3, -0.25) is 9.59 Å². The Hall–Kier alpha value is -2.63. The van der Waals surface area contributed by atoms with E-state index in [1.54, 1.807) is 4.90 Å². The van der Waals surface area contributed by atoms with Crippen LogP contribution in [0.4, 0.5) is 0 Å². The van der Waals surface area contributed by atoms with Gasteiger partial charge < -0.3 is 14.7 Å². The molecular weight excluding hydrogens is 354 g/mol. The van der Waals surface area contributed by atoms with E-state index in [2.05, 4.69) is 10.5 Å². The van der Waals surface area contributed by atoms with E-state index in [1.165, 1.54) is 6.92 Å². The van der Waals surface area contributed by atoms with Crippen molar-refractivity contribution >= 4 is 11.8 Å². The molecule has 1 saturated heterocycles. The van der Waals surface area contributed by atoms with Gasteiger partial charge >= 0.3 is 0 Å². The van der Waals surface area contributed by atoms with Crippen molar-refractivity contribution in [3.63, 3.8) is 0 Å². The number of carbonyl (C=O) groups is 2. The second kappa shape index (κ2) is 7.78. The van der Waals surface area contributed by atoms with Crippen LogP contribution in [0.5, 0.6) is 0 Å². The maximum atomic E-state index is 13.4. The fourth-order valence-corrected chi connectivity index (χ4v) is 3.78. The lowest BCUT2D eigenvalue weighted by molar-refractivity contribution is -0.145. The first-order valence-electron chi connectivity index (χ1n) is 9.89. The largest absolute Gasteiger partial charge is 0.361 e. The molecule has 0 unspecified atom stereocenters. The van der Waals surface area contributed by atoms with Crippen molar-refractivity contribution in [1.29, 1.82) is 0 Å². The van der Waals surface area contributed by atoms with Crippen LogP contribution in [0, 0.1) is 0 Å². The number of nitrogens with zero attached hydrogens (tertiary/aromatic N) is 2. The minimum absolute atomic E-state index is 0.0928. The molecule has 0 saturated carbocycles. The Morgan fingerprint density at radius 3 is 2.64 bits per heavy atom. The molecule has 3 rings (SSSR count). The van der Waals surface area contributed by atoms with Gasteiger partial charge in [-0.2, -0.15) is 0 Å². The van der Waals surface area contributed by atoms with Crippen LogP contribution in [0.3, 0.4) is 0 Å². The minimum Gasteiger partial charge on any atom is -0.361 e. The average molecular weight is 383 g/mol. The molecule has 0 aliphatic carbocycles. The molecular formula is C22H29N3O3. The van der Waals surface area contributed by atoms with Gasteiger partial charge in [0.25, 0.3) is 0 Å². The first kappa shape index (κ1) is 20.1. The lowest BCUT2D eigenvalue weighted by Crippen LogP contribution is -2.61. The zero-order valence-corrected chi connectivity index (χ0v) is 17.1. The normalized spacial score (nSPS) is 19.6. The summed E-state index contributed by atoms with van der Waals surface area (Å²) in [5.41, 5.74) is 0.405. The Morgan fingerprint density at radius 2 is 2.00 bits per heavy atom. The molecule has 1 atom stereocenters. The molecule has 1 aromatic carbocycles. The molecule has 1 aromatic heterocycles. The number of nitrogens with one attached hydrogen (secondary N) is 1. The molecule has 6 heteroatoms. The summed E-state index contributed by atoms with van der Waals surface area (Å²) in [6.45, 7) is 8.12. The predicted molar refractivity (Wildman–Crippen MR) is 108 cm³/mol. The number of aromatic nitrogens is 1. The summed E-state index contributed by atoms with van der Waals surface area (Å²) >= 11 is 0. The van der Waals surface area contributed by atoms with Crippen molar-refractivity contribution in [2.45, 2.75) is 64.5 Å². The van der Waals surface area contributed by atoms with Gasteiger partial charge in [-0.25, -0.2) is 0 Å². The summed E-state index contributed by atoms with van der Waals surface area (Å²) in [6.07, 6.45) is 2.52. The van der Waals surface area contributed by atoms with Crippen LogP contribution in [0.2, 0.25) is 0 Å². The second-order valence-electron chi connectivity index (χ2n) is 8.22. The summed E-state index contributed by atoms with van der Waals surface area (Å²) in [5, 5.41) is 7.31. The van der Waals surface area contributed by atoms with Crippen LogP contribution in [-0.2, 0) is 16.0 Å². The number of amides is 2. The van der Waals surface area contributed by atoms with E-state index in [1.807, 2.05) is 57.2 Å². The first-order valence-corrected chi connectivity index (χ1v) is 9.89. The van der Waals surface area contributed by atoms with E-state index in [0.29, 0.717) is 25.1 Å². The SMILES string of the molecule is CCC(C)(C)NC(=O)[C@]1(Cc2cc(-c3ccccc3)no2)CCCN1C(C)=O. The average Bonchev–Trinajstić information content (AvgIpc) is 3.30. The number of likely N-dealkylation sites (tertiary alicyclic amines) is 1. The lowest BCUT2D eigenvalue weighted by atomic mass is 9.87. The molecule has 2 heterocycles. The molecule has 28 heavy (non-hydrogen) atoms. The van der Waals surface area contributed by atoms with Gasteiger partial charge in [0.15, 0.2) is 0 Å². The zero-order valence-electron chi connectivity index (χ0n) is 17.1. The Bertz CT molecular complexity index is 844. The van der Waals surface area contributed by atoms with Crippen LogP contribution in [0.15, 0.2) is 40.9 Å². The van der Waals surface area contributed by atoms with Crippen molar-refractivity contribution in [3.05, 3.63) is 42.2 Å². The molecule has 2 amide bonds. The van der Waals surface area contributed by atoms with Crippen molar-refractivity contribution < 1.29 is 14.1 Å². The van der Waals surface area contributed by atoms with Gasteiger partial charge in [-0.05, 0) is 33.1 Å². The van der Waals surface area contributed by atoms with Gasteiger partial charge in [0.1, 0.15) is 17.0 Å². The van der Waals surface area contributed by atoms with E-state index in [0.717, 1.165) is 24.1 Å². The first-order chi connectivity index (χ1) is 13.3. The summed E-state index contributed by atoms with van der Waals surface area (Å²) < 4.78 is 5.57. The van der Waals surface area contributed by atoms with Crippen molar-refractivity contribution in [3.8, 4) is 11.3 Å². The van der Waals surface area contributed by atoms with Gasteiger partial charge in [0.2, 0.25) is 11.8 Å². The van der Waals surface area contributed by atoms with Crippen LogP contribution in [0.1, 0.15) is 52.7 Å². The van der Waals surface area contributed by atoms with Crippen molar-refractivity contribution in [2.24, 2.45) is 0 Å². The molecule has 1 aliphatic rings. The highest BCUT2D eigenvalue weighted by Crippen LogP contribution is 2.35. The van der Waals surface area contributed by atoms with E-state index in [-0.39, 0.29) is 17.4 Å². The van der Waals surface area contributed by atoms with E-state index in [4.69, 9.17) is 4.52 Å². The molecule has 150 valence electrons. The molecule has 2 aromatic rings. The third-order valence-corrected chi connectivity index (χ3v) is 5.72. The van der Waals surface area contributed by atoms with Gasteiger partial charge in [0.05, 0.1) is 0 Å². The Labute approximate surface area is 166 Å². The monoisotopic (exact) mass is 383 g/mol. The van der Waals surface area contributed by atoms with Crippen LogP contribution in [-0.4, -0.2) is 39.5 Å². The predicted octanol–water partition coefficient (Wildman–Crippen LogP) is 3.57. The number of hydrogen-bond donors (Lipinski definition) is 1. The summed E-state index contributed by atoms with van der Waals surface area (Å²) in [6, 6.07) is 11.6. The topological polar surface area (TPSA) is 75.4 Å². The van der Waals surface area contributed by atoms with E-state index >= 15 is 0 Å². The highest BCUT2D eigenvalue weighted by molar-refractivity contribution is 5.92. The lowest BCUT2D eigenvalue weighted by Gasteiger charge is -2.39. The summed E-state index contributed by atoms with van der Waals surface area (Å²) in [5.74, 6) is 0.394. The number of carbonyl (C=O) groups excluding carboxylic acids is 2. The Kier molecular flexibility index (Phi) is 5.59. The zero-order chi connectivity index (χ0) is 20.4. The number of benzene rings is 1. The van der Waals surface area contributed by atoms with E-state index in [9.17, 15) is 9.59 Å². The number of hydrogen-bond acceptors (Lipinski definition) is 4. The van der Waals surface area contributed by atoms with Crippen molar-refractivity contribution in [2.75, 3.05) is 6.54 Å². The minimum atomic E-state index is -0.939. The second-order valence-corrected chi connectivity index (χ2v) is 8.22. The smallest absolute Gasteiger partial charge is 0.246 e. The van der Waals surface area contributed by atoms with Crippen LogP contribution in [0.25, 0.3) is 11.3 Å². The Balaban J connectivity index is 1.91. The standard InChI is InChI=1S/C22H29N3O3/c1-5-21(3,4)23-20(27)22(12-9-13-25(22)16(2)26)15-18-14-19(24-28-18)17-10-7-6-8-11-17/h6-8,10-11,14H,5,9,12-13,15H2,1-4H3,(H,23,27)/t22-/m1/s1. The van der Waals surface area contributed by atoms with Crippen LogP contribution >= 0.6 is 0 Å². The maximum absolute atomic E-state index is 13.4. The number of rotatable bonds is 6. The molecule has 6 nitrogen and oxygen atoms in total. The molecule has 1 N–H and O–H groups in total. The summed E-state index contributed by atoms with van der Waals surface area (Å²) in [4.78, 5) is 27.4. The summed E-state index contributed by atoms with van der Waals surface area (Å²) in [7, 11) is 0. The third kappa shape index (κ3) is 3.96. The molecule has 0 radical (unpaired) electrons. The molecule has 0 bridgehead atoms. The van der Waals surface area contributed by atoms with Gasteiger partial charge in [0, 0.05) is 37.1 Å². The van der Waals surface area contributed by atoms with Gasteiger partial charge in [-0.1, -0.05) is 42.4 Å². The quantitative estimate of drug-likeness (QED) is 0.827. The molecule has 0 spiro atoms. The fraction of sp³-hybridized carbons (Fsp3) is 0.500. The highest BCUT2D eigenvalue weighted by Gasteiger charge is 2.50. The maximum Gasteiger partial charge on any atom is 0.246 e.